The van der Waals surface area contributed by atoms with Gasteiger partial charge in [-0.3, -0.25) is 4.79 Å². The standard InChI is InChI=1S/C23H31N3O3S/c1-5-11-28-18-9-7-6-8-17(18)21-20-15(2)25-26(22(20)24-19(27)14-30-21)16-10-12-29-23(3,4)13-16/h6-9,16,21H,5,10-14H2,1-4H3,(H,24,27)/t16-,21-/m0/s1. The highest BCUT2D eigenvalue weighted by atomic mass is 32.2. The molecule has 1 N–H and O–H groups in total. The SMILES string of the molecule is CCCOc1ccccc1[C@@H]1SCC(=O)Nc2c1c(C)nn2[C@H]1CCOC(C)(C)C1. The molecule has 0 spiro atoms. The molecule has 1 aromatic heterocycles. The maximum atomic E-state index is 12.6. The maximum Gasteiger partial charge on any atom is 0.235 e. The first-order valence-electron chi connectivity index (χ1n) is 10.8. The normalized spacial score (nSPS) is 23.4. The van der Waals surface area contributed by atoms with Crippen molar-refractivity contribution in [1.82, 2.24) is 9.78 Å². The molecule has 0 radical (unpaired) electrons. The fourth-order valence-electron chi connectivity index (χ4n) is 4.37. The van der Waals surface area contributed by atoms with E-state index < -0.39 is 0 Å². The summed E-state index contributed by atoms with van der Waals surface area (Å²) < 4.78 is 14.0. The van der Waals surface area contributed by atoms with Gasteiger partial charge in [0.1, 0.15) is 11.6 Å². The van der Waals surface area contributed by atoms with Gasteiger partial charge < -0.3 is 14.8 Å². The number of aromatic nitrogens is 2. The number of hydrogen-bond donors (Lipinski definition) is 1. The van der Waals surface area contributed by atoms with E-state index in [9.17, 15) is 4.79 Å². The molecular weight excluding hydrogens is 398 g/mol. The quantitative estimate of drug-likeness (QED) is 0.733. The van der Waals surface area contributed by atoms with E-state index in [0.29, 0.717) is 19.0 Å². The molecule has 30 heavy (non-hydrogen) atoms. The van der Waals surface area contributed by atoms with Crippen LogP contribution in [0.5, 0.6) is 5.75 Å². The minimum atomic E-state index is -0.195. The van der Waals surface area contributed by atoms with Gasteiger partial charge in [-0.15, -0.1) is 11.8 Å². The number of nitrogens with zero attached hydrogens (tertiary/aromatic N) is 2. The number of benzene rings is 1. The molecule has 0 saturated carbocycles. The Kier molecular flexibility index (Phi) is 6.11. The van der Waals surface area contributed by atoms with Crippen LogP contribution in [0.3, 0.4) is 0 Å². The molecule has 2 aliphatic rings. The van der Waals surface area contributed by atoms with Crippen LogP contribution in [-0.4, -0.2) is 40.3 Å². The number of fused-ring (bicyclic) bond motifs is 1. The van der Waals surface area contributed by atoms with Gasteiger partial charge in [0.15, 0.2) is 0 Å². The molecule has 2 aliphatic heterocycles. The van der Waals surface area contributed by atoms with Crippen molar-refractivity contribution in [3.05, 3.63) is 41.1 Å². The summed E-state index contributed by atoms with van der Waals surface area (Å²) in [4.78, 5) is 12.6. The summed E-state index contributed by atoms with van der Waals surface area (Å²) in [5.74, 6) is 2.14. The molecular formula is C23H31N3O3S. The lowest BCUT2D eigenvalue weighted by Crippen LogP contribution is -2.36. The Balaban J connectivity index is 1.78. The van der Waals surface area contributed by atoms with Crippen LogP contribution in [0.15, 0.2) is 24.3 Å². The van der Waals surface area contributed by atoms with Gasteiger partial charge in [-0.1, -0.05) is 25.1 Å². The van der Waals surface area contributed by atoms with E-state index in [1.54, 1.807) is 11.8 Å². The van der Waals surface area contributed by atoms with E-state index in [1.165, 1.54) is 0 Å². The van der Waals surface area contributed by atoms with Gasteiger partial charge in [-0.2, -0.15) is 5.10 Å². The van der Waals surface area contributed by atoms with E-state index in [-0.39, 0.29) is 22.8 Å². The molecule has 1 aromatic carbocycles. The molecule has 0 aliphatic carbocycles. The summed E-state index contributed by atoms with van der Waals surface area (Å²) in [6.07, 6.45) is 2.71. The zero-order valence-electron chi connectivity index (χ0n) is 18.2. The number of carbonyl (C=O) groups is 1. The number of aryl methyl sites for hydroxylation is 1. The molecule has 3 heterocycles. The highest BCUT2D eigenvalue weighted by Gasteiger charge is 2.36. The van der Waals surface area contributed by atoms with Gasteiger partial charge in [0, 0.05) is 17.7 Å². The second kappa shape index (κ2) is 8.63. The molecule has 162 valence electrons. The van der Waals surface area contributed by atoms with Crippen molar-refractivity contribution in [2.45, 2.75) is 63.9 Å². The highest BCUT2D eigenvalue weighted by molar-refractivity contribution is 8.00. The third kappa shape index (κ3) is 4.23. The van der Waals surface area contributed by atoms with E-state index in [2.05, 4.69) is 32.2 Å². The van der Waals surface area contributed by atoms with Gasteiger partial charge in [0.25, 0.3) is 0 Å². The zero-order chi connectivity index (χ0) is 21.3. The fourth-order valence-corrected chi connectivity index (χ4v) is 5.58. The number of nitrogens with one attached hydrogen (secondary N) is 1. The van der Waals surface area contributed by atoms with Gasteiger partial charge in [-0.05, 0) is 46.1 Å². The molecule has 4 rings (SSSR count). The first kappa shape index (κ1) is 21.2. The van der Waals surface area contributed by atoms with Crippen molar-refractivity contribution in [3.8, 4) is 5.75 Å². The van der Waals surface area contributed by atoms with Crippen LogP contribution in [0.1, 0.15) is 68.1 Å². The topological polar surface area (TPSA) is 65.4 Å². The number of thioether (sulfide) groups is 1. The number of carbonyl (C=O) groups excluding carboxylic acids is 1. The average Bonchev–Trinajstić information content (AvgIpc) is 2.91. The number of para-hydroxylation sites is 1. The summed E-state index contributed by atoms with van der Waals surface area (Å²) in [5, 5.41) is 8.07. The van der Waals surface area contributed by atoms with Crippen LogP contribution in [0.2, 0.25) is 0 Å². The summed E-state index contributed by atoms with van der Waals surface area (Å²) in [7, 11) is 0. The first-order chi connectivity index (χ1) is 14.4. The zero-order valence-corrected chi connectivity index (χ0v) is 19.1. The number of ether oxygens (including phenoxy) is 2. The Morgan fingerprint density at radius 2 is 2.17 bits per heavy atom. The van der Waals surface area contributed by atoms with Crippen LogP contribution < -0.4 is 10.1 Å². The number of anilines is 1. The van der Waals surface area contributed by atoms with Crippen molar-refractivity contribution < 1.29 is 14.3 Å². The van der Waals surface area contributed by atoms with Crippen LogP contribution in [0, 0.1) is 6.92 Å². The summed E-state index contributed by atoms with van der Waals surface area (Å²) in [5.41, 5.74) is 2.95. The van der Waals surface area contributed by atoms with E-state index >= 15 is 0 Å². The predicted molar refractivity (Wildman–Crippen MR) is 120 cm³/mol. The van der Waals surface area contributed by atoms with Crippen molar-refractivity contribution in [1.29, 1.82) is 0 Å². The summed E-state index contributed by atoms with van der Waals surface area (Å²) in [6, 6.07) is 8.37. The molecule has 1 amide bonds. The lowest BCUT2D eigenvalue weighted by atomic mass is 9.94. The van der Waals surface area contributed by atoms with Crippen LogP contribution >= 0.6 is 11.8 Å². The van der Waals surface area contributed by atoms with Gasteiger partial charge in [0.2, 0.25) is 5.91 Å². The maximum absolute atomic E-state index is 12.6. The lowest BCUT2D eigenvalue weighted by molar-refractivity contribution is -0.113. The summed E-state index contributed by atoms with van der Waals surface area (Å²) >= 11 is 1.64. The van der Waals surface area contributed by atoms with Gasteiger partial charge in [0.05, 0.1) is 34.9 Å². The predicted octanol–water partition coefficient (Wildman–Crippen LogP) is 4.89. The van der Waals surface area contributed by atoms with Crippen LogP contribution in [0.4, 0.5) is 5.82 Å². The Bertz CT molecular complexity index is 924. The minimum absolute atomic E-state index is 0.00592. The Morgan fingerprint density at radius 3 is 2.93 bits per heavy atom. The molecule has 0 bridgehead atoms. The Labute approximate surface area is 182 Å². The van der Waals surface area contributed by atoms with E-state index in [0.717, 1.165) is 47.7 Å². The average molecular weight is 430 g/mol. The fraction of sp³-hybridized carbons (Fsp3) is 0.565. The van der Waals surface area contributed by atoms with Crippen molar-refractivity contribution >= 4 is 23.5 Å². The summed E-state index contributed by atoms with van der Waals surface area (Å²) in [6.45, 7) is 9.76. The second-order valence-electron chi connectivity index (χ2n) is 8.67. The molecule has 0 unspecified atom stereocenters. The molecule has 7 heteroatoms. The molecule has 2 aromatic rings. The second-order valence-corrected chi connectivity index (χ2v) is 9.77. The van der Waals surface area contributed by atoms with Crippen LogP contribution in [0.25, 0.3) is 0 Å². The number of hydrogen-bond acceptors (Lipinski definition) is 5. The molecule has 1 fully saturated rings. The van der Waals surface area contributed by atoms with Crippen LogP contribution in [-0.2, 0) is 9.53 Å². The van der Waals surface area contributed by atoms with E-state index in [4.69, 9.17) is 14.6 Å². The largest absolute Gasteiger partial charge is 0.493 e. The number of amides is 1. The molecule has 2 atom stereocenters. The van der Waals surface area contributed by atoms with E-state index in [1.807, 2.05) is 29.8 Å². The number of rotatable bonds is 5. The third-order valence-electron chi connectivity index (χ3n) is 5.71. The van der Waals surface area contributed by atoms with Gasteiger partial charge >= 0.3 is 0 Å². The smallest absolute Gasteiger partial charge is 0.235 e. The Hall–Kier alpha value is -1.99. The van der Waals surface area contributed by atoms with Gasteiger partial charge in [-0.25, -0.2) is 4.68 Å². The molecule has 1 saturated heterocycles. The monoisotopic (exact) mass is 429 g/mol. The Morgan fingerprint density at radius 1 is 1.37 bits per heavy atom. The molecule has 6 nitrogen and oxygen atoms in total. The lowest BCUT2D eigenvalue weighted by Gasteiger charge is -2.36. The third-order valence-corrected chi connectivity index (χ3v) is 6.96. The highest BCUT2D eigenvalue weighted by Crippen LogP contribution is 2.47. The van der Waals surface area contributed by atoms with Crippen molar-refractivity contribution in [2.75, 3.05) is 24.3 Å². The van der Waals surface area contributed by atoms with Crippen molar-refractivity contribution in [3.63, 3.8) is 0 Å². The van der Waals surface area contributed by atoms with Crippen molar-refractivity contribution in [2.24, 2.45) is 0 Å². The first-order valence-corrected chi connectivity index (χ1v) is 11.8. The minimum Gasteiger partial charge on any atom is -0.493 e.